The van der Waals surface area contributed by atoms with Gasteiger partial charge in [0.25, 0.3) is 5.56 Å². The number of thiophene rings is 1. The maximum Gasteiger partial charge on any atom is 0.271 e. The Kier molecular flexibility index (Phi) is 4.73. The van der Waals surface area contributed by atoms with Crippen molar-refractivity contribution in [3.05, 3.63) is 51.1 Å². The SMILES string of the molecule is Cc1cccc(C)c1OCCSc1nc2ccsc2c(=O)n1C. The number of thioether (sulfide) groups is 1. The van der Waals surface area contributed by atoms with Crippen molar-refractivity contribution in [3.63, 3.8) is 0 Å². The number of aromatic nitrogens is 2. The van der Waals surface area contributed by atoms with Crippen LogP contribution in [-0.2, 0) is 7.05 Å². The van der Waals surface area contributed by atoms with E-state index in [4.69, 9.17) is 4.74 Å². The number of hydrogen-bond donors (Lipinski definition) is 0. The minimum Gasteiger partial charge on any atom is -0.492 e. The second-order valence-electron chi connectivity index (χ2n) is 5.31. The van der Waals surface area contributed by atoms with E-state index in [-0.39, 0.29) is 5.56 Å². The van der Waals surface area contributed by atoms with Crippen LogP contribution in [0.15, 0.2) is 39.6 Å². The van der Waals surface area contributed by atoms with Gasteiger partial charge in [-0.05, 0) is 36.4 Å². The Morgan fingerprint density at radius 3 is 2.74 bits per heavy atom. The zero-order chi connectivity index (χ0) is 16.4. The first-order valence-electron chi connectivity index (χ1n) is 7.34. The summed E-state index contributed by atoms with van der Waals surface area (Å²) in [5.41, 5.74) is 3.07. The molecule has 0 spiro atoms. The highest BCUT2D eigenvalue weighted by molar-refractivity contribution is 7.99. The first-order chi connectivity index (χ1) is 11.1. The van der Waals surface area contributed by atoms with E-state index in [9.17, 15) is 4.79 Å². The van der Waals surface area contributed by atoms with Crippen molar-refractivity contribution in [1.29, 1.82) is 0 Å². The molecule has 0 atom stereocenters. The van der Waals surface area contributed by atoms with E-state index in [0.29, 0.717) is 11.3 Å². The van der Waals surface area contributed by atoms with Gasteiger partial charge in [-0.3, -0.25) is 9.36 Å². The zero-order valence-corrected chi connectivity index (χ0v) is 15.0. The Morgan fingerprint density at radius 1 is 1.26 bits per heavy atom. The van der Waals surface area contributed by atoms with E-state index in [1.807, 2.05) is 43.5 Å². The molecule has 23 heavy (non-hydrogen) atoms. The number of para-hydroxylation sites is 1. The van der Waals surface area contributed by atoms with E-state index in [2.05, 4.69) is 4.98 Å². The molecule has 4 nitrogen and oxygen atoms in total. The van der Waals surface area contributed by atoms with Gasteiger partial charge in [0.1, 0.15) is 10.4 Å². The van der Waals surface area contributed by atoms with Crippen LogP contribution in [0.25, 0.3) is 10.2 Å². The fourth-order valence-electron chi connectivity index (χ4n) is 2.40. The number of benzene rings is 1. The van der Waals surface area contributed by atoms with Crippen molar-refractivity contribution in [2.75, 3.05) is 12.4 Å². The number of aryl methyl sites for hydroxylation is 2. The van der Waals surface area contributed by atoms with Crippen LogP contribution in [0.1, 0.15) is 11.1 Å². The third-order valence-electron chi connectivity index (χ3n) is 3.62. The van der Waals surface area contributed by atoms with Gasteiger partial charge < -0.3 is 4.74 Å². The molecule has 2 heterocycles. The van der Waals surface area contributed by atoms with Crippen molar-refractivity contribution in [3.8, 4) is 5.75 Å². The van der Waals surface area contributed by atoms with Crippen molar-refractivity contribution in [2.24, 2.45) is 7.05 Å². The van der Waals surface area contributed by atoms with Crippen LogP contribution < -0.4 is 10.3 Å². The lowest BCUT2D eigenvalue weighted by Gasteiger charge is -2.12. The molecule has 0 amide bonds. The quantitative estimate of drug-likeness (QED) is 0.401. The van der Waals surface area contributed by atoms with Crippen molar-refractivity contribution in [2.45, 2.75) is 19.0 Å². The number of nitrogens with zero attached hydrogens (tertiary/aromatic N) is 2. The fourth-order valence-corrected chi connectivity index (χ4v) is 3.99. The van der Waals surface area contributed by atoms with Gasteiger partial charge in [0, 0.05) is 12.8 Å². The largest absolute Gasteiger partial charge is 0.492 e. The van der Waals surface area contributed by atoms with Crippen LogP contribution in [0, 0.1) is 13.8 Å². The summed E-state index contributed by atoms with van der Waals surface area (Å²) in [7, 11) is 1.77. The van der Waals surface area contributed by atoms with Crippen LogP contribution in [0.3, 0.4) is 0 Å². The van der Waals surface area contributed by atoms with Gasteiger partial charge in [-0.2, -0.15) is 0 Å². The Labute approximate surface area is 143 Å². The Morgan fingerprint density at radius 2 is 2.00 bits per heavy atom. The van der Waals surface area contributed by atoms with Gasteiger partial charge in [0.05, 0.1) is 12.1 Å². The van der Waals surface area contributed by atoms with Crippen molar-refractivity contribution in [1.82, 2.24) is 9.55 Å². The molecule has 1 aromatic carbocycles. The molecule has 6 heteroatoms. The number of ether oxygens (including phenoxy) is 1. The smallest absolute Gasteiger partial charge is 0.271 e. The average Bonchev–Trinajstić information content (AvgIpc) is 2.99. The van der Waals surface area contributed by atoms with E-state index in [1.165, 1.54) is 11.3 Å². The van der Waals surface area contributed by atoms with Crippen LogP contribution in [0.4, 0.5) is 0 Å². The van der Waals surface area contributed by atoms with Gasteiger partial charge in [-0.25, -0.2) is 4.98 Å². The highest BCUT2D eigenvalue weighted by Crippen LogP contribution is 2.24. The third kappa shape index (κ3) is 3.28. The molecule has 0 fully saturated rings. The van der Waals surface area contributed by atoms with E-state index in [0.717, 1.165) is 33.3 Å². The summed E-state index contributed by atoms with van der Waals surface area (Å²) >= 11 is 2.98. The van der Waals surface area contributed by atoms with Gasteiger partial charge in [0.15, 0.2) is 5.16 Å². The second kappa shape index (κ2) is 6.76. The summed E-state index contributed by atoms with van der Waals surface area (Å²) in [4.78, 5) is 16.8. The molecule has 0 unspecified atom stereocenters. The molecule has 0 aliphatic heterocycles. The first kappa shape index (κ1) is 16.1. The van der Waals surface area contributed by atoms with Crippen molar-refractivity contribution >= 4 is 33.3 Å². The number of fused-ring (bicyclic) bond motifs is 1. The Bertz CT molecular complexity index is 879. The van der Waals surface area contributed by atoms with Gasteiger partial charge in [-0.1, -0.05) is 30.0 Å². The van der Waals surface area contributed by atoms with Crippen LogP contribution >= 0.6 is 23.1 Å². The standard InChI is InChI=1S/C17H18N2O2S2/c1-11-5-4-6-12(2)14(11)21-8-10-23-17-18-13-7-9-22-15(13)16(20)19(17)3/h4-7,9H,8,10H2,1-3H3. The lowest BCUT2D eigenvalue weighted by atomic mass is 10.1. The molecule has 0 radical (unpaired) electrons. The van der Waals surface area contributed by atoms with E-state index < -0.39 is 0 Å². The molecule has 120 valence electrons. The summed E-state index contributed by atoms with van der Waals surface area (Å²) in [6, 6.07) is 8.01. The molecule has 0 N–H and O–H groups in total. The maximum absolute atomic E-state index is 12.2. The topological polar surface area (TPSA) is 44.1 Å². The molecule has 0 saturated heterocycles. The number of hydrogen-bond acceptors (Lipinski definition) is 5. The van der Waals surface area contributed by atoms with E-state index >= 15 is 0 Å². The molecule has 0 saturated carbocycles. The molecule has 0 aliphatic carbocycles. The number of rotatable bonds is 5. The second-order valence-corrected chi connectivity index (χ2v) is 7.29. The molecule has 2 aromatic heterocycles. The molecular formula is C17H18N2O2S2. The summed E-state index contributed by atoms with van der Waals surface area (Å²) in [5.74, 6) is 1.69. The summed E-state index contributed by atoms with van der Waals surface area (Å²) in [6.45, 7) is 4.67. The first-order valence-corrected chi connectivity index (χ1v) is 9.20. The minimum absolute atomic E-state index is 0.0168. The third-order valence-corrected chi connectivity index (χ3v) is 5.50. The monoisotopic (exact) mass is 346 g/mol. The van der Waals surface area contributed by atoms with Crippen LogP contribution in [0.2, 0.25) is 0 Å². The Balaban J connectivity index is 1.67. The van der Waals surface area contributed by atoms with Gasteiger partial charge in [-0.15, -0.1) is 11.3 Å². The molecule has 3 aromatic rings. The van der Waals surface area contributed by atoms with Crippen LogP contribution in [-0.4, -0.2) is 21.9 Å². The normalized spacial score (nSPS) is 11.1. The molecule has 3 rings (SSSR count). The minimum atomic E-state index is 0.0168. The highest BCUT2D eigenvalue weighted by atomic mass is 32.2. The molecule has 0 bridgehead atoms. The summed E-state index contributed by atoms with van der Waals surface area (Å²) in [5, 5.41) is 2.63. The lowest BCUT2D eigenvalue weighted by molar-refractivity contribution is 0.339. The van der Waals surface area contributed by atoms with E-state index in [1.54, 1.807) is 23.4 Å². The lowest BCUT2D eigenvalue weighted by Crippen LogP contribution is -2.19. The fraction of sp³-hybridized carbons (Fsp3) is 0.294. The van der Waals surface area contributed by atoms with Crippen LogP contribution in [0.5, 0.6) is 5.75 Å². The van der Waals surface area contributed by atoms with Gasteiger partial charge >= 0.3 is 0 Å². The summed E-state index contributed by atoms with van der Waals surface area (Å²) in [6.07, 6.45) is 0. The predicted octanol–water partition coefficient (Wildman–Crippen LogP) is 3.78. The Hall–Kier alpha value is -1.79. The highest BCUT2D eigenvalue weighted by Gasteiger charge is 2.10. The molecule has 0 aliphatic rings. The predicted molar refractivity (Wildman–Crippen MR) is 97.0 cm³/mol. The summed E-state index contributed by atoms with van der Waals surface area (Å²) < 4.78 is 8.22. The van der Waals surface area contributed by atoms with Gasteiger partial charge in [0.2, 0.25) is 0 Å². The maximum atomic E-state index is 12.2. The van der Waals surface area contributed by atoms with Crippen molar-refractivity contribution < 1.29 is 4.74 Å². The zero-order valence-electron chi connectivity index (χ0n) is 13.3. The average molecular weight is 346 g/mol. The molecular weight excluding hydrogens is 328 g/mol.